The summed E-state index contributed by atoms with van der Waals surface area (Å²) in [5.41, 5.74) is 0.385. The van der Waals surface area contributed by atoms with Gasteiger partial charge in [0, 0.05) is 11.3 Å². The third-order valence-corrected chi connectivity index (χ3v) is 2.93. The van der Waals surface area contributed by atoms with Crippen LogP contribution in [0.3, 0.4) is 0 Å². The number of amides is 1. The second-order valence-electron chi connectivity index (χ2n) is 3.24. The van der Waals surface area contributed by atoms with Crippen LogP contribution in [0.4, 0.5) is 5.13 Å². The number of carbonyl (C=O) groups is 2. The summed E-state index contributed by atoms with van der Waals surface area (Å²) < 4.78 is 0. The molecule has 0 aliphatic carbocycles. The number of alkyl halides is 1. The molecule has 1 aromatic heterocycles. The van der Waals surface area contributed by atoms with Gasteiger partial charge in [0.15, 0.2) is 10.9 Å². The van der Waals surface area contributed by atoms with Crippen LogP contribution in [0.2, 0.25) is 0 Å². The van der Waals surface area contributed by atoms with Gasteiger partial charge in [0.1, 0.15) is 5.69 Å². The van der Waals surface area contributed by atoms with Crippen LogP contribution >= 0.6 is 27.3 Å². The van der Waals surface area contributed by atoms with Crippen LogP contribution in [0, 0.1) is 5.92 Å². The minimum atomic E-state index is -0.0952. The summed E-state index contributed by atoms with van der Waals surface area (Å²) in [6.45, 7) is 3.60. The topological polar surface area (TPSA) is 59.1 Å². The number of halogens is 1. The fraction of sp³-hybridized carbons (Fsp3) is 0.444. The maximum atomic E-state index is 11.3. The molecule has 1 N–H and O–H groups in total. The monoisotopic (exact) mass is 290 g/mol. The van der Waals surface area contributed by atoms with E-state index in [9.17, 15) is 9.59 Å². The van der Waals surface area contributed by atoms with Gasteiger partial charge >= 0.3 is 0 Å². The fourth-order valence-electron chi connectivity index (χ4n) is 0.777. The van der Waals surface area contributed by atoms with Crippen molar-refractivity contribution in [1.82, 2.24) is 4.98 Å². The van der Waals surface area contributed by atoms with Gasteiger partial charge < -0.3 is 5.32 Å². The van der Waals surface area contributed by atoms with Crippen LogP contribution < -0.4 is 5.32 Å². The quantitative estimate of drug-likeness (QED) is 0.684. The lowest BCUT2D eigenvalue weighted by Gasteiger charge is -2.02. The second kappa shape index (κ2) is 5.37. The van der Waals surface area contributed by atoms with Crippen LogP contribution in [0.25, 0.3) is 0 Å². The van der Waals surface area contributed by atoms with Crippen molar-refractivity contribution in [2.45, 2.75) is 13.8 Å². The summed E-state index contributed by atoms with van der Waals surface area (Å²) in [4.78, 5) is 26.6. The third kappa shape index (κ3) is 3.39. The maximum Gasteiger partial charge on any atom is 0.228 e. The number of hydrogen-bond acceptors (Lipinski definition) is 4. The second-order valence-corrected chi connectivity index (χ2v) is 4.66. The van der Waals surface area contributed by atoms with Crippen molar-refractivity contribution < 1.29 is 9.59 Å². The summed E-state index contributed by atoms with van der Waals surface area (Å²) in [7, 11) is 0. The van der Waals surface area contributed by atoms with Crippen molar-refractivity contribution >= 4 is 44.1 Å². The molecule has 0 saturated carbocycles. The molecule has 0 radical (unpaired) electrons. The molecule has 4 nitrogen and oxygen atoms in total. The van der Waals surface area contributed by atoms with Crippen molar-refractivity contribution in [2.75, 3.05) is 10.6 Å². The van der Waals surface area contributed by atoms with Crippen LogP contribution in [0.5, 0.6) is 0 Å². The zero-order valence-electron chi connectivity index (χ0n) is 8.41. The summed E-state index contributed by atoms with van der Waals surface area (Å²) in [6.07, 6.45) is 0. The maximum absolute atomic E-state index is 11.3. The molecule has 1 aromatic rings. The number of hydrogen-bond donors (Lipinski definition) is 1. The highest BCUT2D eigenvalue weighted by atomic mass is 79.9. The van der Waals surface area contributed by atoms with E-state index < -0.39 is 0 Å². The SMILES string of the molecule is CC(C)C(=O)Nc1nc(C(=O)CBr)cs1. The molecule has 0 fully saturated rings. The van der Waals surface area contributed by atoms with Crippen LogP contribution in [-0.4, -0.2) is 22.0 Å². The number of rotatable bonds is 4. The Hall–Kier alpha value is -0.750. The Morgan fingerprint density at radius 3 is 2.80 bits per heavy atom. The van der Waals surface area contributed by atoms with E-state index in [1.54, 1.807) is 19.2 Å². The largest absolute Gasteiger partial charge is 0.302 e. The van der Waals surface area contributed by atoms with E-state index in [0.717, 1.165) is 0 Å². The predicted octanol–water partition coefficient (Wildman–Crippen LogP) is 2.32. The molecular formula is C9H11BrN2O2S. The molecule has 15 heavy (non-hydrogen) atoms. The number of nitrogens with zero attached hydrogens (tertiary/aromatic N) is 1. The molecule has 0 aliphatic rings. The van der Waals surface area contributed by atoms with E-state index in [1.165, 1.54) is 11.3 Å². The smallest absolute Gasteiger partial charge is 0.228 e. The zero-order chi connectivity index (χ0) is 11.4. The summed E-state index contributed by atoms with van der Waals surface area (Å²) >= 11 is 4.32. The van der Waals surface area contributed by atoms with Crippen LogP contribution in [0.15, 0.2) is 5.38 Å². The summed E-state index contributed by atoms with van der Waals surface area (Å²) in [5.74, 6) is -0.275. The first-order chi connectivity index (χ1) is 7.04. The van der Waals surface area contributed by atoms with Gasteiger partial charge in [-0.25, -0.2) is 4.98 Å². The number of Topliss-reactive ketones (excluding diaryl/α,β-unsaturated/α-hetero) is 1. The molecule has 0 atom stereocenters. The Morgan fingerprint density at radius 2 is 2.27 bits per heavy atom. The molecule has 0 bridgehead atoms. The van der Waals surface area contributed by atoms with Gasteiger partial charge in [-0.2, -0.15) is 0 Å². The number of nitrogens with one attached hydrogen (secondary N) is 1. The number of carbonyl (C=O) groups excluding carboxylic acids is 2. The number of ketones is 1. The van der Waals surface area contributed by atoms with Crippen LogP contribution in [-0.2, 0) is 4.79 Å². The van der Waals surface area contributed by atoms with Crippen molar-refractivity contribution in [1.29, 1.82) is 0 Å². The minimum Gasteiger partial charge on any atom is -0.302 e. The molecule has 82 valence electrons. The Morgan fingerprint density at radius 1 is 1.60 bits per heavy atom. The molecule has 1 amide bonds. The van der Waals surface area contributed by atoms with Gasteiger partial charge in [-0.15, -0.1) is 11.3 Å². The lowest BCUT2D eigenvalue weighted by Crippen LogP contribution is -2.17. The number of aromatic nitrogens is 1. The van der Waals surface area contributed by atoms with E-state index in [-0.39, 0.29) is 22.9 Å². The van der Waals surface area contributed by atoms with Gasteiger partial charge in [0.2, 0.25) is 5.91 Å². The molecule has 6 heteroatoms. The van der Waals surface area contributed by atoms with Crippen LogP contribution in [0.1, 0.15) is 24.3 Å². The van der Waals surface area contributed by atoms with Gasteiger partial charge in [-0.1, -0.05) is 29.8 Å². The minimum absolute atomic E-state index is 0.0868. The molecular weight excluding hydrogens is 280 g/mol. The van der Waals surface area contributed by atoms with Gasteiger partial charge in [0.25, 0.3) is 0 Å². The average Bonchev–Trinajstić information content (AvgIpc) is 2.65. The van der Waals surface area contributed by atoms with E-state index >= 15 is 0 Å². The molecule has 0 spiro atoms. The van der Waals surface area contributed by atoms with Gasteiger partial charge in [0.05, 0.1) is 5.33 Å². The van der Waals surface area contributed by atoms with Gasteiger partial charge in [-0.05, 0) is 0 Å². The molecule has 1 heterocycles. The highest BCUT2D eigenvalue weighted by molar-refractivity contribution is 9.09. The fourth-order valence-corrected chi connectivity index (χ4v) is 1.78. The normalized spacial score (nSPS) is 10.4. The Bertz CT molecular complexity index is 376. The number of anilines is 1. The Kier molecular flexibility index (Phi) is 4.41. The summed E-state index contributed by atoms with van der Waals surface area (Å²) in [5, 5.41) is 4.99. The van der Waals surface area contributed by atoms with Crippen molar-refractivity contribution in [2.24, 2.45) is 5.92 Å². The predicted molar refractivity (Wildman–Crippen MR) is 63.7 cm³/mol. The first kappa shape index (κ1) is 12.3. The Labute approximate surface area is 100 Å². The highest BCUT2D eigenvalue weighted by Crippen LogP contribution is 2.17. The molecule has 0 aliphatic heterocycles. The first-order valence-corrected chi connectivity index (χ1v) is 6.40. The van der Waals surface area contributed by atoms with Crippen molar-refractivity contribution in [3.63, 3.8) is 0 Å². The van der Waals surface area contributed by atoms with E-state index in [4.69, 9.17) is 0 Å². The molecule has 1 rings (SSSR count). The Balaban J connectivity index is 2.69. The van der Waals surface area contributed by atoms with Crippen molar-refractivity contribution in [3.05, 3.63) is 11.1 Å². The first-order valence-electron chi connectivity index (χ1n) is 4.40. The van der Waals surface area contributed by atoms with Gasteiger partial charge in [-0.3, -0.25) is 9.59 Å². The third-order valence-electron chi connectivity index (χ3n) is 1.67. The summed E-state index contributed by atoms with van der Waals surface area (Å²) in [6, 6.07) is 0. The van der Waals surface area contributed by atoms with Crippen molar-refractivity contribution in [3.8, 4) is 0 Å². The average molecular weight is 291 g/mol. The lowest BCUT2D eigenvalue weighted by atomic mass is 10.2. The van der Waals surface area contributed by atoms with E-state index in [1.807, 2.05) is 0 Å². The lowest BCUT2D eigenvalue weighted by molar-refractivity contribution is -0.118. The molecule has 0 aromatic carbocycles. The van der Waals surface area contributed by atoms with E-state index in [0.29, 0.717) is 10.8 Å². The highest BCUT2D eigenvalue weighted by Gasteiger charge is 2.12. The molecule has 0 saturated heterocycles. The number of thiazole rings is 1. The standard InChI is InChI=1S/C9H11BrN2O2S/c1-5(2)8(14)12-9-11-6(4-15-9)7(13)3-10/h4-5H,3H2,1-2H3,(H,11,12,14). The zero-order valence-corrected chi connectivity index (χ0v) is 10.8. The molecule has 0 unspecified atom stereocenters. The van der Waals surface area contributed by atoms with E-state index in [2.05, 4.69) is 26.2 Å².